The second kappa shape index (κ2) is 10.8. The van der Waals surface area contributed by atoms with Gasteiger partial charge in [-0.25, -0.2) is 0 Å². The molecular weight excluding hydrogens is 332 g/mol. The molecule has 0 amide bonds. The summed E-state index contributed by atoms with van der Waals surface area (Å²) in [4.78, 5) is 6.94. The van der Waals surface area contributed by atoms with Crippen molar-refractivity contribution >= 4 is 17.3 Å². The van der Waals surface area contributed by atoms with Crippen molar-refractivity contribution in [3.05, 3.63) is 22.4 Å². The van der Waals surface area contributed by atoms with Crippen LogP contribution in [0, 0.1) is 5.92 Å². The zero-order chi connectivity index (χ0) is 18.1. The van der Waals surface area contributed by atoms with Crippen molar-refractivity contribution in [2.75, 3.05) is 46.4 Å². The summed E-state index contributed by atoms with van der Waals surface area (Å²) in [7, 11) is 1.84. The number of rotatable bonds is 8. The van der Waals surface area contributed by atoms with E-state index in [4.69, 9.17) is 4.74 Å². The molecule has 2 N–H and O–H groups in total. The zero-order valence-corrected chi connectivity index (χ0v) is 16.9. The van der Waals surface area contributed by atoms with Crippen LogP contribution in [-0.4, -0.2) is 63.3 Å². The summed E-state index contributed by atoms with van der Waals surface area (Å²) in [5.74, 6) is 2.06. The molecule has 0 radical (unpaired) electrons. The molecule has 25 heavy (non-hydrogen) atoms. The minimum absolute atomic E-state index is 0.482. The SMILES string of the molecule is CN=C(NCC(C)c1ccsc1)NCC(CC(C)C)N1CCOCC1. The zero-order valence-electron chi connectivity index (χ0n) is 16.1. The van der Waals surface area contributed by atoms with Crippen molar-refractivity contribution in [1.82, 2.24) is 15.5 Å². The number of aliphatic imine (C=N–C) groups is 1. The van der Waals surface area contributed by atoms with Gasteiger partial charge >= 0.3 is 0 Å². The standard InChI is InChI=1S/C19H34N4OS/c1-15(2)11-18(23-6-8-24-9-7-23)13-22-19(20-4)21-12-16(3)17-5-10-25-14-17/h5,10,14-16,18H,6-9,11-13H2,1-4H3,(H2,20,21,22). The minimum atomic E-state index is 0.482. The van der Waals surface area contributed by atoms with Crippen LogP contribution < -0.4 is 10.6 Å². The summed E-state index contributed by atoms with van der Waals surface area (Å²) in [5.41, 5.74) is 1.39. The number of nitrogens with zero attached hydrogens (tertiary/aromatic N) is 2. The third-order valence-corrected chi connectivity index (χ3v) is 5.42. The maximum absolute atomic E-state index is 5.50. The second-order valence-corrected chi connectivity index (χ2v) is 8.00. The van der Waals surface area contributed by atoms with Crippen LogP contribution >= 0.6 is 11.3 Å². The molecule has 1 aromatic heterocycles. The Morgan fingerprint density at radius 2 is 1.96 bits per heavy atom. The number of ether oxygens (including phenoxy) is 1. The molecule has 6 heteroatoms. The summed E-state index contributed by atoms with van der Waals surface area (Å²) >= 11 is 1.75. The lowest BCUT2D eigenvalue weighted by atomic mass is 10.0. The highest BCUT2D eigenvalue weighted by Crippen LogP contribution is 2.17. The topological polar surface area (TPSA) is 48.9 Å². The molecule has 2 atom stereocenters. The number of guanidine groups is 1. The molecular formula is C19H34N4OS. The van der Waals surface area contributed by atoms with Crippen molar-refractivity contribution < 1.29 is 4.74 Å². The Morgan fingerprint density at radius 3 is 2.56 bits per heavy atom. The third-order valence-electron chi connectivity index (χ3n) is 4.72. The molecule has 2 unspecified atom stereocenters. The monoisotopic (exact) mass is 366 g/mol. The molecule has 0 aromatic carbocycles. The fourth-order valence-corrected chi connectivity index (χ4v) is 3.99. The summed E-state index contributed by atoms with van der Waals surface area (Å²) in [5, 5.41) is 11.4. The van der Waals surface area contributed by atoms with Crippen LogP contribution in [0.25, 0.3) is 0 Å². The fourth-order valence-electron chi connectivity index (χ4n) is 3.21. The normalized spacial score (nSPS) is 19.0. The Morgan fingerprint density at radius 1 is 1.24 bits per heavy atom. The van der Waals surface area contributed by atoms with Crippen LogP contribution in [0.3, 0.4) is 0 Å². The maximum atomic E-state index is 5.50. The Balaban J connectivity index is 1.81. The van der Waals surface area contributed by atoms with E-state index in [0.717, 1.165) is 45.4 Å². The van der Waals surface area contributed by atoms with Gasteiger partial charge in [0, 0.05) is 39.3 Å². The van der Waals surface area contributed by atoms with E-state index in [2.05, 4.69) is 58.1 Å². The number of morpholine rings is 1. The number of hydrogen-bond acceptors (Lipinski definition) is 4. The third kappa shape index (κ3) is 6.96. The predicted octanol–water partition coefficient (Wildman–Crippen LogP) is 2.76. The van der Waals surface area contributed by atoms with Crippen LogP contribution in [0.4, 0.5) is 0 Å². The van der Waals surface area contributed by atoms with Gasteiger partial charge in [0.1, 0.15) is 0 Å². The first kappa shape index (κ1) is 20.2. The highest BCUT2D eigenvalue weighted by atomic mass is 32.1. The lowest BCUT2D eigenvalue weighted by molar-refractivity contribution is 0.0132. The molecule has 5 nitrogen and oxygen atoms in total. The molecule has 1 aromatic rings. The molecule has 1 saturated heterocycles. The second-order valence-electron chi connectivity index (χ2n) is 7.22. The largest absolute Gasteiger partial charge is 0.379 e. The van der Waals surface area contributed by atoms with Crippen molar-refractivity contribution in [2.24, 2.45) is 10.9 Å². The Bertz CT molecular complexity index is 498. The number of thiophene rings is 1. The lowest BCUT2D eigenvalue weighted by Crippen LogP contribution is -2.51. The van der Waals surface area contributed by atoms with Gasteiger partial charge in [-0.05, 0) is 40.6 Å². The summed E-state index contributed by atoms with van der Waals surface area (Å²) < 4.78 is 5.50. The van der Waals surface area contributed by atoms with Crippen LogP contribution in [0.1, 0.15) is 38.7 Å². The molecule has 0 saturated carbocycles. The first-order chi connectivity index (χ1) is 12.1. The molecule has 1 aliphatic heterocycles. The molecule has 1 aliphatic rings. The van der Waals surface area contributed by atoms with Crippen LogP contribution in [0.5, 0.6) is 0 Å². The number of hydrogen-bond donors (Lipinski definition) is 2. The smallest absolute Gasteiger partial charge is 0.191 e. The van der Waals surface area contributed by atoms with Crippen molar-refractivity contribution in [3.8, 4) is 0 Å². The fraction of sp³-hybridized carbons (Fsp3) is 0.737. The Kier molecular flexibility index (Phi) is 8.72. The van der Waals surface area contributed by atoms with Gasteiger partial charge in [-0.3, -0.25) is 9.89 Å². The van der Waals surface area contributed by atoms with E-state index in [0.29, 0.717) is 17.9 Å². The van der Waals surface area contributed by atoms with Crippen LogP contribution in [0.15, 0.2) is 21.8 Å². The van der Waals surface area contributed by atoms with Gasteiger partial charge in [-0.2, -0.15) is 11.3 Å². The average molecular weight is 367 g/mol. The van der Waals surface area contributed by atoms with Gasteiger partial charge in [0.15, 0.2) is 5.96 Å². The Hall–Kier alpha value is -1.11. The molecule has 1 fully saturated rings. The predicted molar refractivity (Wildman–Crippen MR) is 108 cm³/mol. The lowest BCUT2D eigenvalue weighted by Gasteiger charge is -2.35. The quantitative estimate of drug-likeness (QED) is 0.549. The molecule has 2 heterocycles. The minimum Gasteiger partial charge on any atom is -0.379 e. The van der Waals surface area contributed by atoms with Crippen molar-refractivity contribution in [3.63, 3.8) is 0 Å². The summed E-state index contributed by atoms with van der Waals surface area (Å²) in [6, 6.07) is 2.72. The van der Waals surface area contributed by atoms with Gasteiger partial charge in [0.05, 0.1) is 13.2 Å². The van der Waals surface area contributed by atoms with Crippen molar-refractivity contribution in [1.29, 1.82) is 0 Å². The molecule has 0 aliphatic carbocycles. The van der Waals surface area contributed by atoms with E-state index < -0.39 is 0 Å². The molecule has 0 spiro atoms. The van der Waals surface area contributed by atoms with E-state index in [1.165, 1.54) is 12.0 Å². The van der Waals surface area contributed by atoms with E-state index in [1.54, 1.807) is 11.3 Å². The van der Waals surface area contributed by atoms with Crippen LogP contribution in [-0.2, 0) is 4.74 Å². The maximum Gasteiger partial charge on any atom is 0.191 e. The Labute approximate surface area is 156 Å². The van der Waals surface area contributed by atoms with Crippen molar-refractivity contribution in [2.45, 2.75) is 39.2 Å². The van der Waals surface area contributed by atoms with Gasteiger partial charge < -0.3 is 15.4 Å². The highest BCUT2D eigenvalue weighted by molar-refractivity contribution is 7.07. The van der Waals surface area contributed by atoms with E-state index in [1.807, 2.05) is 7.05 Å². The first-order valence-electron chi connectivity index (χ1n) is 9.38. The van der Waals surface area contributed by atoms with Gasteiger partial charge in [-0.1, -0.05) is 20.8 Å². The van der Waals surface area contributed by atoms with Gasteiger partial charge in [0.25, 0.3) is 0 Å². The van der Waals surface area contributed by atoms with E-state index in [9.17, 15) is 0 Å². The van der Waals surface area contributed by atoms with Crippen LogP contribution in [0.2, 0.25) is 0 Å². The van der Waals surface area contributed by atoms with E-state index >= 15 is 0 Å². The number of nitrogens with one attached hydrogen (secondary N) is 2. The molecule has 142 valence electrons. The molecule has 2 rings (SSSR count). The van der Waals surface area contributed by atoms with E-state index in [-0.39, 0.29) is 0 Å². The summed E-state index contributed by atoms with van der Waals surface area (Å²) in [6.45, 7) is 12.4. The van der Waals surface area contributed by atoms with Gasteiger partial charge in [0.2, 0.25) is 0 Å². The highest BCUT2D eigenvalue weighted by Gasteiger charge is 2.22. The first-order valence-corrected chi connectivity index (χ1v) is 10.3. The molecule has 0 bridgehead atoms. The summed E-state index contributed by atoms with van der Waals surface area (Å²) in [6.07, 6.45) is 1.19. The van der Waals surface area contributed by atoms with Gasteiger partial charge in [-0.15, -0.1) is 0 Å². The average Bonchev–Trinajstić information content (AvgIpc) is 3.15.